The molecule has 0 amide bonds. The van der Waals surface area contributed by atoms with Gasteiger partial charge in [-0.1, -0.05) is 6.92 Å². The molecule has 0 aliphatic carbocycles. The van der Waals surface area contributed by atoms with E-state index in [0.29, 0.717) is 6.04 Å². The van der Waals surface area contributed by atoms with Gasteiger partial charge in [0, 0.05) is 37.6 Å². The second kappa shape index (κ2) is 6.52. The molecule has 1 N–H and O–H groups in total. The lowest BCUT2D eigenvalue weighted by Crippen LogP contribution is -2.23. The highest BCUT2D eigenvalue weighted by Gasteiger charge is 2.14. The van der Waals surface area contributed by atoms with Gasteiger partial charge in [-0.2, -0.15) is 10.2 Å². The molecule has 0 radical (unpaired) electrons. The van der Waals surface area contributed by atoms with Crippen LogP contribution in [0.25, 0.3) is 0 Å². The lowest BCUT2D eigenvalue weighted by atomic mass is 10.0. The summed E-state index contributed by atoms with van der Waals surface area (Å²) in [6, 6.07) is 0.308. The first kappa shape index (κ1) is 13.8. The summed E-state index contributed by atoms with van der Waals surface area (Å²) in [7, 11) is 1.95. The smallest absolute Gasteiger partial charge is 0.0537 e. The zero-order valence-electron chi connectivity index (χ0n) is 12.0. The number of hydrogen-bond donors (Lipinski definition) is 1. The van der Waals surface area contributed by atoms with Crippen LogP contribution in [0.5, 0.6) is 0 Å². The van der Waals surface area contributed by atoms with E-state index in [4.69, 9.17) is 0 Å². The largest absolute Gasteiger partial charge is 0.310 e. The van der Waals surface area contributed by atoms with E-state index in [9.17, 15) is 0 Å². The molecule has 2 heterocycles. The molecule has 0 aliphatic rings. The summed E-state index contributed by atoms with van der Waals surface area (Å²) >= 11 is 0. The van der Waals surface area contributed by atoms with E-state index in [1.807, 2.05) is 28.8 Å². The minimum absolute atomic E-state index is 0.308. The highest BCUT2D eigenvalue weighted by Crippen LogP contribution is 2.17. The second-order valence-corrected chi connectivity index (χ2v) is 4.86. The molecule has 0 fully saturated rings. The first-order valence-electron chi connectivity index (χ1n) is 6.96. The van der Waals surface area contributed by atoms with Gasteiger partial charge in [-0.25, -0.2) is 0 Å². The van der Waals surface area contributed by atoms with Crippen molar-refractivity contribution in [1.82, 2.24) is 24.9 Å². The Labute approximate surface area is 114 Å². The molecule has 2 rings (SSSR count). The molecular formula is C14H23N5. The number of hydrogen-bond acceptors (Lipinski definition) is 3. The van der Waals surface area contributed by atoms with Crippen molar-refractivity contribution < 1.29 is 0 Å². The molecule has 2 aromatic heterocycles. The van der Waals surface area contributed by atoms with Crippen molar-refractivity contribution in [3.05, 3.63) is 35.9 Å². The van der Waals surface area contributed by atoms with E-state index in [1.54, 1.807) is 0 Å². The lowest BCUT2D eigenvalue weighted by molar-refractivity contribution is 0.528. The Morgan fingerprint density at radius 3 is 2.63 bits per heavy atom. The van der Waals surface area contributed by atoms with Crippen LogP contribution < -0.4 is 5.32 Å². The van der Waals surface area contributed by atoms with Gasteiger partial charge in [0.15, 0.2) is 0 Å². The molecule has 0 aliphatic heterocycles. The van der Waals surface area contributed by atoms with Gasteiger partial charge in [0.25, 0.3) is 0 Å². The van der Waals surface area contributed by atoms with E-state index in [2.05, 4.69) is 41.8 Å². The summed E-state index contributed by atoms with van der Waals surface area (Å²) in [4.78, 5) is 0. The molecule has 5 nitrogen and oxygen atoms in total. The molecule has 0 spiro atoms. The first-order chi connectivity index (χ1) is 9.22. The van der Waals surface area contributed by atoms with Crippen molar-refractivity contribution in [2.24, 2.45) is 7.05 Å². The zero-order valence-corrected chi connectivity index (χ0v) is 12.0. The van der Waals surface area contributed by atoms with Gasteiger partial charge in [-0.05, 0) is 31.9 Å². The second-order valence-electron chi connectivity index (χ2n) is 4.86. The fraction of sp³-hybridized carbons (Fsp3) is 0.571. The Morgan fingerprint density at radius 1 is 1.21 bits per heavy atom. The highest BCUT2D eigenvalue weighted by molar-refractivity contribution is 5.16. The third-order valence-corrected chi connectivity index (χ3v) is 3.22. The fourth-order valence-corrected chi connectivity index (χ4v) is 2.17. The van der Waals surface area contributed by atoms with E-state index in [0.717, 1.165) is 25.9 Å². The number of nitrogens with zero attached hydrogens (tertiary/aromatic N) is 4. The van der Waals surface area contributed by atoms with Crippen molar-refractivity contribution in [3.63, 3.8) is 0 Å². The fourth-order valence-electron chi connectivity index (χ4n) is 2.17. The third-order valence-electron chi connectivity index (χ3n) is 3.22. The Hall–Kier alpha value is -1.62. The van der Waals surface area contributed by atoms with Crippen LogP contribution in [0.1, 0.15) is 37.4 Å². The molecule has 0 bridgehead atoms. The van der Waals surface area contributed by atoms with Crippen molar-refractivity contribution in [2.45, 2.75) is 39.3 Å². The Bertz CT molecular complexity index is 499. The number of aromatic nitrogens is 4. The average Bonchev–Trinajstić information content (AvgIpc) is 3.03. The normalized spacial score (nSPS) is 12.8. The maximum atomic E-state index is 4.33. The zero-order chi connectivity index (χ0) is 13.7. The molecule has 5 heteroatoms. The summed E-state index contributed by atoms with van der Waals surface area (Å²) in [5.41, 5.74) is 2.50. The third kappa shape index (κ3) is 3.67. The van der Waals surface area contributed by atoms with E-state index >= 15 is 0 Å². The van der Waals surface area contributed by atoms with Crippen LogP contribution in [0, 0.1) is 0 Å². The highest BCUT2D eigenvalue weighted by atomic mass is 15.3. The van der Waals surface area contributed by atoms with Crippen molar-refractivity contribution in [1.29, 1.82) is 0 Å². The van der Waals surface area contributed by atoms with Gasteiger partial charge in [0.2, 0.25) is 0 Å². The number of rotatable bonds is 7. The summed E-state index contributed by atoms with van der Waals surface area (Å²) in [5, 5.41) is 12.2. The Morgan fingerprint density at radius 2 is 2.05 bits per heavy atom. The number of aryl methyl sites for hydroxylation is 2. The Kier molecular flexibility index (Phi) is 4.74. The van der Waals surface area contributed by atoms with Crippen molar-refractivity contribution in [3.8, 4) is 0 Å². The quantitative estimate of drug-likeness (QED) is 0.828. The lowest BCUT2D eigenvalue weighted by Gasteiger charge is -2.16. The van der Waals surface area contributed by atoms with Gasteiger partial charge < -0.3 is 5.32 Å². The van der Waals surface area contributed by atoms with Gasteiger partial charge in [0.1, 0.15) is 0 Å². The van der Waals surface area contributed by atoms with Gasteiger partial charge in [-0.15, -0.1) is 0 Å². The molecule has 0 saturated heterocycles. The van der Waals surface area contributed by atoms with Crippen molar-refractivity contribution in [2.75, 3.05) is 6.54 Å². The van der Waals surface area contributed by atoms with E-state index in [1.165, 1.54) is 11.1 Å². The van der Waals surface area contributed by atoms with E-state index in [-0.39, 0.29) is 0 Å². The summed E-state index contributed by atoms with van der Waals surface area (Å²) in [5.74, 6) is 0. The maximum Gasteiger partial charge on any atom is 0.0537 e. The molecule has 1 unspecified atom stereocenters. The van der Waals surface area contributed by atoms with Crippen LogP contribution in [-0.4, -0.2) is 26.1 Å². The van der Waals surface area contributed by atoms with Crippen LogP contribution in [0.15, 0.2) is 24.8 Å². The van der Waals surface area contributed by atoms with Crippen LogP contribution in [0.3, 0.4) is 0 Å². The standard InChI is InChI=1S/C14H23N5/c1-4-6-15-14(13-9-16-18(3)11-13)7-12-8-17-19(5-2)10-12/h8-11,14-15H,4-7H2,1-3H3. The van der Waals surface area contributed by atoms with Crippen LogP contribution in [-0.2, 0) is 20.0 Å². The molecule has 0 aromatic carbocycles. The maximum absolute atomic E-state index is 4.33. The average molecular weight is 261 g/mol. The molecule has 1 atom stereocenters. The monoisotopic (exact) mass is 261 g/mol. The van der Waals surface area contributed by atoms with Crippen LogP contribution >= 0.6 is 0 Å². The molecule has 19 heavy (non-hydrogen) atoms. The minimum atomic E-state index is 0.308. The molecule has 104 valence electrons. The SMILES string of the molecule is CCCNC(Cc1cnn(CC)c1)c1cnn(C)c1. The summed E-state index contributed by atoms with van der Waals surface area (Å²) in [6.45, 7) is 6.22. The van der Waals surface area contributed by atoms with Gasteiger partial charge >= 0.3 is 0 Å². The summed E-state index contributed by atoms with van der Waals surface area (Å²) in [6.07, 6.45) is 10.2. The predicted octanol–water partition coefficient (Wildman–Crippen LogP) is 1.92. The van der Waals surface area contributed by atoms with Gasteiger partial charge in [-0.3, -0.25) is 9.36 Å². The number of nitrogens with one attached hydrogen (secondary N) is 1. The topological polar surface area (TPSA) is 47.7 Å². The van der Waals surface area contributed by atoms with E-state index < -0.39 is 0 Å². The molecule has 0 saturated carbocycles. The molecular weight excluding hydrogens is 238 g/mol. The molecule has 2 aromatic rings. The van der Waals surface area contributed by atoms with Gasteiger partial charge in [0.05, 0.1) is 12.4 Å². The first-order valence-corrected chi connectivity index (χ1v) is 6.96. The predicted molar refractivity (Wildman–Crippen MR) is 75.8 cm³/mol. The van der Waals surface area contributed by atoms with Crippen molar-refractivity contribution >= 4 is 0 Å². The Balaban J connectivity index is 2.09. The minimum Gasteiger partial charge on any atom is -0.310 e. The van der Waals surface area contributed by atoms with Crippen LogP contribution in [0.2, 0.25) is 0 Å². The summed E-state index contributed by atoms with van der Waals surface area (Å²) < 4.78 is 3.82. The van der Waals surface area contributed by atoms with Crippen LogP contribution in [0.4, 0.5) is 0 Å².